The number of rotatable bonds is 7. The van der Waals surface area contributed by atoms with Crippen LogP contribution in [0.2, 0.25) is 0 Å². The predicted molar refractivity (Wildman–Crippen MR) is 89.4 cm³/mol. The van der Waals surface area contributed by atoms with Crippen LogP contribution < -0.4 is 10.6 Å². The number of hydrogen-bond donors (Lipinski definition) is 2. The first kappa shape index (κ1) is 17.0. The molecule has 0 bridgehead atoms. The lowest BCUT2D eigenvalue weighted by Crippen LogP contribution is -2.39. The van der Waals surface area contributed by atoms with Gasteiger partial charge in [0.2, 0.25) is 0 Å². The standard InChI is InChI=1S/C18H22FN3O/c1-22(14-15-7-3-2-4-8-15)12-11-20-18(23)21-13-16-9-5-6-10-17(16)19/h2-10H,11-14H2,1H3,(H2,20,21,23). The SMILES string of the molecule is CN(CCNC(=O)NCc1ccccc1F)Cc1ccccc1. The Balaban J connectivity index is 1.64. The Hall–Kier alpha value is -2.40. The maximum Gasteiger partial charge on any atom is 0.315 e. The van der Waals surface area contributed by atoms with E-state index in [4.69, 9.17) is 0 Å². The minimum Gasteiger partial charge on any atom is -0.337 e. The van der Waals surface area contributed by atoms with Crippen molar-refractivity contribution in [1.29, 1.82) is 0 Å². The van der Waals surface area contributed by atoms with E-state index >= 15 is 0 Å². The lowest BCUT2D eigenvalue weighted by molar-refractivity contribution is 0.237. The molecule has 2 N–H and O–H groups in total. The molecule has 0 atom stereocenters. The van der Waals surface area contributed by atoms with Crippen molar-refractivity contribution >= 4 is 6.03 Å². The molecule has 0 aliphatic rings. The molecule has 4 nitrogen and oxygen atoms in total. The molecule has 0 fully saturated rings. The quantitative estimate of drug-likeness (QED) is 0.825. The van der Waals surface area contributed by atoms with Crippen molar-refractivity contribution in [3.8, 4) is 0 Å². The van der Waals surface area contributed by atoms with Crippen LogP contribution in [-0.2, 0) is 13.1 Å². The fourth-order valence-corrected chi connectivity index (χ4v) is 2.21. The molecule has 2 rings (SSSR count). The molecule has 0 saturated heterocycles. The van der Waals surface area contributed by atoms with Gasteiger partial charge < -0.3 is 15.5 Å². The van der Waals surface area contributed by atoms with Gasteiger partial charge >= 0.3 is 6.03 Å². The van der Waals surface area contributed by atoms with Crippen LogP contribution in [0.25, 0.3) is 0 Å². The molecular formula is C18H22FN3O. The van der Waals surface area contributed by atoms with Gasteiger partial charge in [0, 0.05) is 31.7 Å². The van der Waals surface area contributed by atoms with Crippen LogP contribution in [0.1, 0.15) is 11.1 Å². The number of amides is 2. The van der Waals surface area contributed by atoms with E-state index in [2.05, 4.69) is 27.7 Å². The number of nitrogens with one attached hydrogen (secondary N) is 2. The Kier molecular flexibility index (Phi) is 6.56. The highest BCUT2D eigenvalue weighted by molar-refractivity contribution is 5.73. The van der Waals surface area contributed by atoms with E-state index in [0.717, 1.165) is 13.1 Å². The monoisotopic (exact) mass is 315 g/mol. The van der Waals surface area contributed by atoms with Crippen molar-refractivity contribution in [3.05, 3.63) is 71.5 Å². The van der Waals surface area contributed by atoms with Crippen LogP contribution in [0, 0.1) is 5.82 Å². The van der Waals surface area contributed by atoms with E-state index in [1.165, 1.54) is 11.6 Å². The molecule has 0 unspecified atom stereocenters. The molecule has 23 heavy (non-hydrogen) atoms. The minimum absolute atomic E-state index is 0.179. The lowest BCUT2D eigenvalue weighted by atomic mass is 10.2. The van der Waals surface area contributed by atoms with E-state index in [-0.39, 0.29) is 18.4 Å². The van der Waals surface area contributed by atoms with E-state index < -0.39 is 0 Å². The van der Waals surface area contributed by atoms with Crippen LogP contribution in [0.5, 0.6) is 0 Å². The molecule has 122 valence electrons. The summed E-state index contributed by atoms with van der Waals surface area (Å²) in [6.07, 6.45) is 0. The van der Waals surface area contributed by atoms with Crippen molar-refractivity contribution < 1.29 is 9.18 Å². The van der Waals surface area contributed by atoms with Crippen molar-refractivity contribution in [3.63, 3.8) is 0 Å². The predicted octanol–water partition coefficient (Wildman–Crippen LogP) is 2.76. The van der Waals surface area contributed by atoms with Gasteiger partial charge in [-0.15, -0.1) is 0 Å². The van der Waals surface area contributed by atoms with Gasteiger partial charge in [-0.3, -0.25) is 0 Å². The Bertz CT molecular complexity index is 619. The number of benzene rings is 2. The zero-order valence-corrected chi connectivity index (χ0v) is 13.3. The molecule has 0 spiro atoms. The average Bonchev–Trinajstić information content (AvgIpc) is 2.55. The van der Waals surface area contributed by atoms with Crippen LogP contribution in [0.4, 0.5) is 9.18 Å². The second kappa shape index (κ2) is 8.90. The molecule has 0 heterocycles. The maximum absolute atomic E-state index is 13.4. The molecule has 0 aromatic heterocycles. The third-order valence-corrected chi connectivity index (χ3v) is 3.47. The van der Waals surface area contributed by atoms with Crippen molar-refractivity contribution in [2.45, 2.75) is 13.1 Å². The summed E-state index contributed by atoms with van der Waals surface area (Å²) in [5.41, 5.74) is 1.71. The van der Waals surface area contributed by atoms with Gasteiger partial charge in [-0.2, -0.15) is 0 Å². The van der Waals surface area contributed by atoms with Crippen molar-refractivity contribution in [2.75, 3.05) is 20.1 Å². The highest BCUT2D eigenvalue weighted by Gasteiger charge is 2.05. The molecule has 0 saturated carbocycles. The van der Waals surface area contributed by atoms with E-state index in [1.54, 1.807) is 18.2 Å². The van der Waals surface area contributed by atoms with E-state index in [0.29, 0.717) is 12.1 Å². The first-order chi connectivity index (χ1) is 11.1. The average molecular weight is 315 g/mol. The second-order valence-corrected chi connectivity index (χ2v) is 5.42. The molecule has 2 aromatic rings. The molecule has 2 amide bonds. The number of urea groups is 1. The van der Waals surface area contributed by atoms with Crippen LogP contribution in [0.3, 0.4) is 0 Å². The summed E-state index contributed by atoms with van der Waals surface area (Å²) in [5, 5.41) is 5.43. The third-order valence-electron chi connectivity index (χ3n) is 3.47. The van der Waals surface area contributed by atoms with Gasteiger partial charge in [-0.25, -0.2) is 9.18 Å². The van der Waals surface area contributed by atoms with Gasteiger partial charge in [0.1, 0.15) is 5.82 Å². The topological polar surface area (TPSA) is 44.4 Å². The Morgan fingerprint density at radius 3 is 2.48 bits per heavy atom. The van der Waals surface area contributed by atoms with Gasteiger partial charge in [0.25, 0.3) is 0 Å². The smallest absolute Gasteiger partial charge is 0.315 e. The molecule has 5 heteroatoms. The summed E-state index contributed by atoms with van der Waals surface area (Å²) >= 11 is 0. The minimum atomic E-state index is -0.310. The Labute approximate surface area is 136 Å². The molecule has 0 radical (unpaired) electrons. The zero-order valence-electron chi connectivity index (χ0n) is 13.3. The van der Waals surface area contributed by atoms with Gasteiger partial charge in [-0.05, 0) is 18.7 Å². The Morgan fingerprint density at radius 2 is 1.74 bits per heavy atom. The second-order valence-electron chi connectivity index (χ2n) is 5.42. The van der Waals surface area contributed by atoms with Crippen LogP contribution >= 0.6 is 0 Å². The van der Waals surface area contributed by atoms with E-state index in [1.807, 2.05) is 25.2 Å². The van der Waals surface area contributed by atoms with Crippen LogP contribution in [0.15, 0.2) is 54.6 Å². The molecule has 2 aromatic carbocycles. The molecular weight excluding hydrogens is 293 g/mol. The van der Waals surface area contributed by atoms with Crippen molar-refractivity contribution in [2.24, 2.45) is 0 Å². The molecule has 0 aliphatic carbocycles. The Morgan fingerprint density at radius 1 is 1.04 bits per heavy atom. The summed E-state index contributed by atoms with van der Waals surface area (Å²) in [6, 6.07) is 16.3. The molecule has 0 aliphatic heterocycles. The number of halogens is 1. The van der Waals surface area contributed by atoms with Crippen molar-refractivity contribution in [1.82, 2.24) is 15.5 Å². The largest absolute Gasteiger partial charge is 0.337 e. The first-order valence-corrected chi connectivity index (χ1v) is 7.63. The number of likely N-dealkylation sites (N-methyl/N-ethyl adjacent to an activating group) is 1. The summed E-state index contributed by atoms with van der Waals surface area (Å²) < 4.78 is 13.4. The number of nitrogens with zero attached hydrogens (tertiary/aromatic N) is 1. The van der Waals surface area contributed by atoms with Gasteiger partial charge in [0.05, 0.1) is 0 Å². The van der Waals surface area contributed by atoms with E-state index in [9.17, 15) is 9.18 Å². The maximum atomic E-state index is 13.4. The summed E-state index contributed by atoms with van der Waals surface area (Å²) in [6.45, 7) is 2.28. The zero-order chi connectivity index (χ0) is 16.5. The number of carbonyl (C=O) groups is 1. The highest BCUT2D eigenvalue weighted by Crippen LogP contribution is 2.05. The number of carbonyl (C=O) groups excluding carboxylic acids is 1. The highest BCUT2D eigenvalue weighted by atomic mass is 19.1. The lowest BCUT2D eigenvalue weighted by Gasteiger charge is -2.17. The van der Waals surface area contributed by atoms with Crippen LogP contribution in [-0.4, -0.2) is 31.1 Å². The summed E-state index contributed by atoms with van der Waals surface area (Å²) in [4.78, 5) is 13.8. The van der Waals surface area contributed by atoms with Gasteiger partial charge in [0.15, 0.2) is 0 Å². The normalized spacial score (nSPS) is 10.6. The van der Waals surface area contributed by atoms with Gasteiger partial charge in [-0.1, -0.05) is 48.5 Å². The fraction of sp³-hybridized carbons (Fsp3) is 0.278. The summed E-state index contributed by atoms with van der Waals surface area (Å²) in [5.74, 6) is -0.310. The first-order valence-electron chi connectivity index (χ1n) is 7.63. The summed E-state index contributed by atoms with van der Waals surface area (Å²) in [7, 11) is 2.01. The number of hydrogen-bond acceptors (Lipinski definition) is 2. The third kappa shape index (κ3) is 6.08. The fourth-order valence-electron chi connectivity index (χ4n) is 2.21.